The molecule has 0 aliphatic carbocycles. The lowest BCUT2D eigenvalue weighted by Gasteiger charge is -2.05. The van der Waals surface area contributed by atoms with Crippen molar-refractivity contribution in [2.75, 3.05) is 0 Å². The van der Waals surface area contributed by atoms with Gasteiger partial charge in [0, 0.05) is 17.3 Å². The van der Waals surface area contributed by atoms with Crippen LogP contribution in [0.15, 0.2) is 81.2 Å². The van der Waals surface area contributed by atoms with Crippen molar-refractivity contribution in [2.45, 2.75) is 24.5 Å². The van der Waals surface area contributed by atoms with Crippen LogP contribution in [0, 0.1) is 0 Å². The third-order valence-electron chi connectivity index (χ3n) is 3.64. The number of hydrogen-bond acceptors (Lipinski definition) is 3. The monoisotopic (exact) mass is 321 g/mol. The lowest BCUT2D eigenvalue weighted by molar-refractivity contribution is 0.489. The Morgan fingerprint density at radius 1 is 1.04 bits per heavy atom. The average molecular weight is 321 g/mol. The summed E-state index contributed by atoms with van der Waals surface area (Å²) in [5.41, 5.74) is 3.24. The standard InChI is InChI=1S/C20H19NOS/c1-15(12-16-8-4-2-5-9-16)21-14-18-13-19(22-20(18)23)17-10-6-3-7-11-17/h2-11,13-15,23H,12H2,1H3/t15-/m1/s1. The van der Waals surface area contributed by atoms with E-state index in [4.69, 9.17) is 4.42 Å². The van der Waals surface area contributed by atoms with E-state index in [0.717, 1.165) is 23.3 Å². The van der Waals surface area contributed by atoms with Crippen LogP contribution in [-0.4, -0.2) is 12.3 Å². The van der Waals surface area contributed by atoms with Gasteiger partial charge in [0.25, 0.3) is 0 Å². The van der Waals surface area contributed by atoms with E-state index < -0.39 is 0 Å². The van der Waals surface area contributed by atoms with Crippen LogP contribution < -0.4 is 0 Å². The number of benzene rings is 2. The normalized spacial score (nSPS) is 12.6. The van der Waals surface area contributed by atoms with Crippen molar-refractivity contribution >= 4 is 18.8 Å². The van der Waals surface area contributed by atoms with Crippen LogP contribution in [0.3, 0.4) is 0 Å². The molecule has 1 atom stereocenters. The molecule has 1 heterocycles. The van der Waals surface area contributed by atoms with Gasteiger partial charge >= 0.3 is 0 Å². The van der Waals surface area contributed by atoms with E-state index in [1.54, 1.807) is 0 Å². The van der Waals surface area contributed by atoms with Gasteiger partial charge in [-0.2, -0.15) is 0 Å². The quantitative estimate of drug-likeness (QED) is 0.501. The molecule has 0 saturated heterocycles. The van der Waals surface area contributed by atoms with E-state index in [9.17, 15) is 0 Å². The van der Waals surface area contributed by atoms with Gasteiger partial charge in [-0.25, -0.2) is 0 Å². The minimum atomic E-state index is 0.209. The molecule has 2 nitrogen and oxygen atoms in total. The van der Waals surface area contributed by atoms with Crippen molar-refractivity contribution in [1.82, 2.24) is 0 Å². The van der Waals surface area contributed by atoms with Crippen LogP contribution in [-0.2, 0) is 6.42 Å². The summed E-state index contributed by atoms with van der Waals surface area (Å²) in [6, 6.07) is 22.6. The molecule has 0 radical (unpaired) electrons. The Balaban J connectivity index is 1.71. The van der Waals surface area contributed by atoms with Gasteiger partial charge in [-0.3, -0.25) is 4.99 Å². The van der Waals surface area contributed by atoms with Gasteiger partial charge in [-0.15, -0.1) is 12.6 Å². The second-order valence-electron chi connectivity index (χ2n) is 5.55. The first-order valence-electron chi connectivity index (χ1n) is 7.67. The van der Waals surface area contributed by atoms with Crippen molar-refractivity contribution in [2.24, 2.45) is 4.99 Å². The zero-order valence-electron chi connectivity index (χ0n) is 13.0. The van der Waals surface area contributed by atoms with Crippen LogP contribution in [0.25, 0.3) is 11.3 Å². The Morgan fingerprint density at radius 2 is 1.70 bits per heavy atom. The maximum Gasteiger partial charge on any atom is 0.166 e. The van der Waals surface area contributed by atoms with E-state index in [2.05, 4.69) is 48.8 Å². The second-order valence-corrected chi connectivity index (χ2v) is 5.96. The molecule has 0 N–H and O–H groups in total. The molecule has 0 bridgehead atoms. The minimum absolute atomic E-state index is 0.209. The molecule has 0 amide bonds. The van der Waals surface area contributed by atoms with Crippen LogP contribution in [0.2, 0.25) is 0 Å². The van der Waals surface area contributed by atoms with Crippen molar-refractivity contribution in [3.05, 3.63) is 77.9 Å². The summed E-state index contributed by atoms with van der Waals surface area (Å²) in [6.45, 7) is 2.11. The molecular weight excluding hydrogens is 302 g/mol. The molecule has 3 aromatic rings. The molecule has 0 aliphatic rings. The molecule has 0 unspecified atom stereocenters. The number of furan rings is 1. The zero-order chi connectivity index (χ0) is 16.1. The summed E-state index contributed by atoms with van der Waals surface area (Å²) in [7, 11) is 0. The minimum Gasteiger partial charge on any atom is -0.449 e. The van der Waals surface area contributed by atoms with Crippen molar-refractivity contribution in [3.8, 4) is 11.3 Å². The highest BCUT2D eigenvalue weighted by molar-refractivity contribution is 7.80. The summed E-state index contributed by atoms with van der Waals surface area (Å²) in [6.07, 6.45) is 2.77. The van der Waals surface area contributed by atoms with E-state index in [0.29, 0.717) is 5.09 Å². The number of hydrogen-bond donors (Lipinski definition) is 1. The first-order chi connectivity index (χ1) is 11.2. The maximum absolute atomic E-state index is 5.72. The molecule has 23 heavy (non-hydrogen) atoms. The summed E-state index contributed by atoms with van der Waals surface area (Å²) < 4.78 is 5.72. The van der Waals surface area contributed by atoms with Gasteiger partial charge in [0.2, 0.25) is 0 Å². The number of thiol groups is 1. The number of nitrogens with zero attached hydrogens (tertiary/aromatic N) is 1. The highest BCUT2D eigenvalue weighted by Crippen LogP contribution is 2.26. The molecule has 0 aliphatic heterocycles. The van der Waals surface area contributed by atoms with Crippen LogP contribution in [0.1, 0.15) is 18.1 Å². The van der Waals surface area contributed by atoms with Crippen molar-refractivity contribution in [1.29, 1.82) is 0 Å². The van der Waals surface area contributed by atoms with Gasteiger partial charge in [-0.05, 0) is 25.0 Å². The summed E-state index contributed by atoms with van der Waals surface area (Å²) in [4.78, 5) is 4.62. The Kier molecular flexibility index (Phi) is 4.99. The van der Waals surface area contributed by atoms with Crippen LogP contribution in [0.5, 0.6) is 0 Å². The largest absolute Gasteiger partial charge is 0.449 e. The third kappa shape index (κ3) is 4.14. The second kappa shape index (κ2) is 7.34. The highest BCUT2D eigenvalue weighted by Gasteiger charge is 2.08. The van der Waals surface area contributed by atoms with Gasteiger partial charge in [0.1, 0.15) is 5.76 Å². The Bertz CT molecular complexity index is 778. The fourth-order valence-electron chi connectivity index (χ4n) is 2.45. The lowest BCUT2D eigenvalue weighted by Crippen LogP contribution is -2.03. The third-order valence-corrected chi connectivity index (χ3v) is 3.99. The summed E-state index contributed by atoms with van der Waals surface area (Å²) >= 11 is 4.41. The highest BCUT2D eigenvalue weighted by atomic mass is 32.1. The molecule has 1 aromatic heterocycles. The molecule has 0 spiro atoms. The molecule has 3 rings (SSSR count). The molecule has 0 saturated carbocycles. The summed E-state index contributed by atoms with van der Waals surface area (Å²) in [5, 5.41) is 0.597. The summed E-state index contributed by atoms with van der Waals surface area (Å²) in [5.74, 6) is 0.813. The first kappa shape index (κ1) is 15.6. The SMILES string of the molecule is C[C@H](Cc1ccccc1)N=Cc1cc(-c2ccccc2)oc1S. The first-order valence-corrected chi connectivity index (χ1v) is 8.12. The predicted molar refractivity (Wildman–Crippen MR) is 98.6 cm³/mol. The lowest BCUT2D eigenvalue weighted by atomic mass is 10.1. The van der Waals surface area contributed by atoms with Gasteiger partial charge < -0.3 is 4.42 Å². The Hall–Kier alpha value is -2.26. The molecule has 116 valence electrons. The van der Waals surface area contributed by atoms with Crippen LogP contribution >= 0.6 is 12.6 Å². The van der Waals surface area contributed by atoms with E-state index in [-0.39, 0.29) is 6.04 Å². The number of rotatable bonds is 5. The van der Waals surface area contributed by atoms with E-state index in [1.165, 1.54) is 5.56 Å². The van der Waals surface area contributed by atoms with Crippen LogP contribution in [0.4, 0.5) is 0 Å². The maximum atomic E-state index is 5.72. The molecule has 2 aromatic carbocycles. The molecule has 3 heteroatoms. The van der Waals surface area contributed by atoms with Crippen molar-refractivity contribution in [3.63, 3.8) is 0 Å². The predicted octanol–water partition coefficient (Wildman–Crippen LogP) is 5.29. The zero-order valence-corrected chi connectivity index (χ0v) is 13.9. The number of aliphatic imine (C=N–C) groups is 1. The van der Waals surface area contributed by atoms with Crippen molar-refractivity contribution < 1.29 is 4.42 Å². The Morgan fingerprint density at radius 3 is 2.39 bits per heavy atom. The van der Waals surface area contributed by atoms with Gasteiger partial charge in [0.05, 0.1) is 6.04 Å². The average Bonchev–Trinajstić information content (AvgIpc) is 2.96. The van der Waals surface area contributed by atoms with E-state index in [1.807, 2.05) is 48.7 Å². The fourth-order valence-corrected chi connectivity index (χ4v) is 2.67. The van der Waals surface area contributed by atoms with E-state index >= 15 is 0 Å². The molecular formula is C20H19NOS. The van der Waals surface area contributed by atoms with Gasteiger partial charge in [-0.1, -0.05) is 60.7 Å². The molecule has 0 fully saturated rings. The topological polar surface area (TPSA) is 25.5 Å². The smallest absolute Gasteiger partial charge is 0.166 e. The fraction of sp³-hybridized carbons (Fsp3) is 0.150. The Labute approximate surface area is 142 Å². The van der Waals surface area contributed by atoms with Gasteiger partial charge in [0.15, 0.2) is 5.09 Å².